The van der Waals surface area contributed by atoms with Crippen LogP contribution in [0.4, 0.5) is 0 Å². The Hall–Kier alpha value is -1.44. The van der Waals surface area contributed by atoms with Crippen molar-refractivity contribution in [3.63, 3.8) is 0 Å². The number of benzene rings is 1. The van der Waals surface area contributed by atoms with Gasteiger partial charge in [-0.05, 0) is 68.5 Å². The number of carbonyl (C=O) groups excluding carboxylic acids is 1. The molecule has 1 aliphatic carbocycles. The van der Waals surface area contributed by atoms with Gasteiger partial charge >= 0.3 is 0 Å². The van der Waals surface area contributed by atoms with Crippen LogP contribution >= 0.6 is 0 Å². The first kappa shape index (κ1) is 18.9. The Balaban J connectivity index is 1.33. The van der Waals surface area contributed by atoms with E-state index in [0.717, 1.165) is 38.9 Å². The maximum atomic E-state index is 13.0. The van der Waals surface area contributed by atoms with Crippen molar-refractivity contribution >= 4 is 15.9 Å². The second-order valence-corrected chi connectivity index (χ2v) is 9.81. The van der Waals surface area contributed by atoms with Crippen molar-refractivity contribution < 1.29 is 13.2 Å². The summed E-state index contributed by atoms with van der Waals surface area (Å²) in [4.78, 5) is 17.0. The lowest BCUT2D eigenvalue weighted by Crippen LogP contribution is -2.50. The molecule has 7 heteroatoms. The van der Waals surface area contributed by atoms with Crippen LogP contribution in [0.2, 0.25) is 0 Å². The van der Waals surface area contributed by atoms with Crippen LogP contribution < -0.4 is 0 Å². The number of hydrogen-bond acceptors (Lipinski definition) is 4. The van der Waals surface area contributed by atoms with Crippen LogP contribution in [0.25, 0.3) is 0 Å². The highest BCUT2D eigenvalue weighted by Gasteiger charge is 2.30. The molecular weight excluding hydrogens is 362 g/mol. The van der Waals surface area contributed by atoms with Gasteiger partial charge < -0.3 is 9.80 Å². The van der Waals surface area contributed by atoms with Gasteiger partial charge in [-0.25, -0.2) is 8.42 Å². The highest BCUT2D eigenvalue weighted by Crippen LogP contribution is 2.26. The Labute approximate surface area is 162 Å². The molecule has 0 bridgehead atoms. The number of amides is 1. The highest BCUT2D eigenvalue weighted by atomic mass is 32.2. The summed E-state index contributed by atoms with van der Waals surface area (Å²) in [7, 11) is -3.47. The first-order valence-corrected chi connectivity index (χ1v) is 11.6. The number of rotatable bonds is 5. The van der Waals surface area contributed by atoms with E-state index in [2.05, 4.69) is 4.90 Å². The molecule has 0 spiro atoms. The van der Waals surface area contributed by atoms with Gasteiger partial charge in [-0.3, -0.25) is 4.79 Å². The van der Waals surface area contributed by atoms with Crippen molar-refractivity contribution in [3.8, 4) is 0 Å². The normalized spacial score (nSPS) is 21.6. The van der Waals surface area contributed by atoms with Crippen LogP contribution in [-0.4, -0.2) is 74.2 Å². The fraction of sp³-hybridized carbons (Fsp3) is 0.650. The molecule has 0 radical (unpaired) electrons. The van der Waals surface area contributed by atoms with E-state index >= 15 is 0 Å². The molecule has 27 heavy (non-hydrogen) atoms. The summed E-state index contributed by atoms with van der Waals surface area (Å²) in [5.41, 5.74) is 2.45. The zero-order valence-corrected chi connectivity index (χ0v) is 16.7. The van der Waals surface area contributed by atoms with Crippen LogP contribution in [0.5, 0.6) is 0 Å². The zero-order valence-electron chi connectivity index (χ0n) is 15.9. The minimum absolute atomic E-state index is 0.150. The molecule has 0 unspecified atom stereocenters. The predicted molar refractivity (Wildman–Crippen MR) is 104 cm³/mol. The summed E-state index contributed by atoms with van der Waals surface area (Å²) >= 11 is 0. The molecule has 2 fully saturated rings. The SMILES string of the molecule is O=C(CCN1CCCC1)N1CCN(S(=O)(=O)c2ccc3c(c2)CCC3)CC1. The Bertz CT molecular complexity index is 795. The Morgan fingerprint density at radius 3 is 2.33 bits per heavy atom. The Morgan fingerprint density at radius 2 is 1.59 bits per heavy atom. The Kier molecular flexibility index (Phi) is 5.53. The summed E-state index contributed by atoms with van der Waals surface area (Å²) in [5.74, 6) is 0.150. The van der Waals surface area contributed by atoms with Gasteiger partial charge in [-0.1, -0.05) is 6.07 Å². The molecule has 4 rings (SSSR count). The Morgan fingerprint density at radius 1 is 0.889 bits per heavy atom. The molecule has 148 valence electrons. The highest BCUT2D eigenvalue weighted by molar-refractivity contribution is 7.89. The van der Waals surface area contributed by atoms with Gasteiger partial charge in [-0.2, -0.15) is 4.31 Å². The molecule has 0 saturated carbocycles. The number of likely N-dealkylation sites (tertiary alicyclic amines) is 1. The molecule has 6 nitrogen and oxygen atoms in total. The van der Waals surface area contributed by atoms with E-state index in [4.69, 9.17) is 0 Å². The number of fused-ring (bicyclic) bond motifs is 1. The standard InChI is InChI=1S/C20H29N3O3S/c24-20(8-11-21-9-1-2-10-21)22-12-14-23(15-13-22)27(25,26)19-7-6-17-4-3-5-18(17)16-19/h6-7,16H,1-5,8-15H2. The minimum atomic E-state index is -3.47. The molecule has 0 atom stereocenters. The summed E-state index contributed by atoms with van der Waals surface area (Å²) in [6.07, 6.45) is 6.13. The molecule has 2 saturated heterocycles. The van der Waals surface area contributed by atoms with Gasteiger partial charge in [0.05, 0.1) is 4.90 Å². The third-order valence-corrected chi connectivity index (χ3v) is 8.03. The summed E-state index contributed by atoms with van der Waals surface area (Å²) in [6, 6.07) is 5.56. The van der Waals surface area contributed by atoms with E-state index in [1.165, 1.54) is 28.3 Å². The van der Waals surface area contributed by atoms with Crippen molar-refractivity contribution in [3.05, 3.63) is 29.3 Å². The summed E-state index contributed by atoms with van der Waals surface area (Å²) in [5, 5.41) is 0. The van der Waals surface area contributed by atoms with E-state index in [-0.39, 0.29) is 5.91 Å². The molecule has 0 N–H and O–H groups in total. The fourth-order valence-electron chi connectivity index (χ4n) is 4.45. The van der Waals surface area contributed by atoms with Crippen molar-refractivity contribution in [2.24, 2.45) is 0 Å². The summed E-state index contributed by atoms with van der Waals surface area (Å²) < 4.78 is 27.5. The van der Waals surface area contributed by atoms with Gasteiger partial charge in [0, 0.05) is 39.1 Å². The van der Waals surface area contributed by atoms with E-state index in [1.54, 1.807) is 6.07 Å². The maximum absolute atomic E-state index is 13.0. The molecule has 3 aliphatic rings. The average Bonchev–Trinajstić information content (AvgIpc) is 3.37. The van der Waals surface area contributed by atoms with Crippen LogP contribution in [0, 0.1) is 0 Å². The lowest BCUT2D eigenvalue weighted by Gasteiger charge is -2.34. The quantitative estimate of drug-likeness (QED) is 0.763. The van der Waals surface area contributed by atoms with Crippen LogP contribution in [-0.2, 0) is 27.7 Å². The molecule has 1 aromatic carbocycles. The monoisotopic (exact) mass is 391 g/mol. The van der Waals surface area contributed by atoms with E-state index in [1.807, 2.05) is 17.0 Å². The van der Waals surface area contributed by atoms with E-state index in [9.17, 15) is 13.2 Å². The van der Waals surface area contributed by atoms with Gasteiger partial charge in [0.25, 0.3) is 0 Å². The number of carbonyl (C=O) groups is 1. The van der Waals surface area contributed by atoms with Crippen LogP contribution in [0.1, 0.15) is 36.8 Å². The topological polar surface area (TPSA) is 60.9 Å². The number of nitrogens with zero attached hydrogens (tertiary/aromatic N) is 3. The first-order chi connectivity index (χ1) is 13.0. The third kappa shape index (κ3) is 4.05. The van der Waals surface area contributed by atoms with Crippen molar-refractivity contribution in [2.75, 3.05) is 45.8 Å². The molecule has 1 amide bonds. The third-order valence-electron chi connectivity index (χ3n) is 6.14. The van der Waals surface area contributed by atoms with Gasteiger partial charge in [-0.15, -0.1) is 0 Å². The van der Waals surface area contributed by atoms with Crippen LogP contribution in [0.3, 0.4) is 0 Å². The lowest BCUT2D eigenvalue weighted by molar-refractivity contribution is -0.132. The first-order valence-electron chi connectivity index (χ1n) is 10.2. The number of hydrogen-bond donors (Lipinski definition) is 0. The van der Waals surface area contributed by atoms with Crippen molar-refractivity contribution in [2.45, 2.75) is 43.4 Å². The predicted octanol–water partition coefficient (Wildman–Crippen LogP) is 1.49. The van der Waals surface area contributed by atoms with Crippen molar-refractivity contribution in [1.29, 1.82) is 0 Å². The van der Waals surface area contributed by atoms with Gasteiger partial charge in [0.1, 0.15) is 0 Å². The second-order valence-electron chi connectivity index (χ2n) is 7.87. The van der Waals surface area contributed by atoms with E-state index < -0.39 is 10.0 Å². The number of aryl methyl sites for hydroxylation is 2. The molecule has 0 aromatic heterocycles. The number of piperazine rings is 1. The largest absolute Gasteiger partial charge is 0.340 e. The number of sulfonamides is 1. The smallest absolute Gasteiger partial charge is 0.243 e. The summed E-state index contributed by atoms with van der Waals surface area (Å²) in [6.45, 7) is 4.77. The maximum Gasteiger partial charge on any atom is 0.243 e. The zero-order chi connectivity index (χ0) is 18.9. The molecule has 2 aliphatic heterocycles. The van der Waals surface area contributed by atoms with E-state index in [0.29, 0.717) is 37.5 Å². The molecule has 2 heterocycles. The second kappa shape index (κ2) is 7.89. The molecule has 1 aromatic rings. The minimum Gasteiger partial charge on any atom is -0.340 e. The van der Waals surface area contributed by atoms with Gasteiger partial charge in [0.2, 0.25) is 15.9 Å². The van der Waals surface area contributed by atoms with Crippen molar-refractivity contribution in [1.82, 2.24) is 14.1 Å². The van der Waals surface area contributed by atoms with Crippen LogP contribution in [0.15, 0.2) is 23.1 Å². The van der Waals surface area contributed by atoms with Gasteiger partial charge in [0.15, 0.2) is 0 Å². The molecular formula is C20H29N3O3S. The average molecular weight is 392 g/mol. The lowest BCUT2D eigenvalue weighted by atomic mass is 10.1. The fourth-order valence-corrected chi connectivity index (χ4v) is 5.93.